The summed E-state index contributed by atoms with van der Waals surface area (Å²) in [7, 11) is 0. The molecular formula is C17H25NO2. The number of fused-ring (bicyclic) bond motifs is 1. The fourth-order valence-electron chi connectivity index (χ4n) is 3.96. The molecule has 1 aliphatic carbocycles. The van der Waals surface area contributed by atoms with Crippen LogP contribution in [0.4, 0.5) is 5.69 Å². The number of hydrogen-bond acceptors (Lipinski definition) is 3. The normalized spacial score (nSPS) is 30.1. The highest BCUT2D eigenvalue weighted by atomic mass is 16.3. The van der Waals surface area contributed by atoms with Gasteiger partial charge in [0.1, 0.15) is 0 Å². The number of rotatable bonds is 2. The molecule has 1 saturated heterocycles. The molecule has 1 aliphatic heterocycles. The Morgan fingerprint density at radius 3 is 2.90 bits per heavy atom. The summed E-state index contributed by atoms with van der Waals surface area (Å²) in [6.45, 7) is 4.11. The van der Waals surface area contributed by atoms with Crippen molar-refractivity contribution in [3.8, 4) is 0 Å². The van der Waals surface area contributed by atoms with Gasteiger partial charge in [0, 0.05) is 24.7 Å². The van der Waals surface area contributed by atoms with Gasteiger partial charge >= 0.3 is 0 Å². The molecule has 0 bridgehead atoms. The largest absolute Gasteiger partial charge is 0.392 e. The predicted molar refractivity (Wildman–Crippen MR) is 80.8 cm³/mol. The van der Waals surface area contributed by atoms with Gasteiger partial charge in [0.2, 0.25) is 0 Å². The molecule has 3 rings (SSSR count). The number of hydrogen-bond donors (Lipinski definition) is 2. The first-order valence-electron chi connectivity index (χ1n) is 7.80. The summed E-state index contributed by atoms with van der Waals surface area (Å²) in [6, 6.07) is 6.19. The van der Waals surface area contributed by atoms with Gasteiger partial charge in [-0.15, -0.1) is 0 Å². The van der Waals surface area contributed by atoms with Crippen LogP contribution in [0.3, 0.4) is 0 Å². The van der Waals surface area contributed by atoms with E-state index in [-0.39, 0.29) is 6.61 Å². The van der Waals surface area contributed by atoms with Gasteiger partial charge in [0.15, 0.2) is 0 Å². The molecule has 2 aliphatic rings. The van der Waals surface area contributed by atoms with Crippen LogP contribution in [0, 0.1) is 12.8 Å². The van der Waals surface area contributed by atoms with Gasteiger partial charge in [-0.3, -0.25) is 0 Å². The van der Waals surface area contributed by atoms with Crippen molar-refractivity contribution < 1.29 is 10.2 Å². The molecule has 0 amide bonds. The van der Waals surface area contributed by atoms with E-state index in [2.05, 4.69) is 24.0 Å². The maximum atomic E-state index is 10.7. The minimum atomic E-state index is -0.409. The molecule has 3 heteroatoms. The maximum absolute atomic E-state index is 10.7. The highest BCUT2D eigenvalue weighted by Crippen LogP contribution is 2.41. The monoisotopic (exact) mass is 275 g/mol. The molecule has 3 nitrogen and oxygen atoms in total. The summed E-state index contributed by atoms with van der Waals surface area (Å²) in [5, 5.41) is 20.0. The van der Waals surface area contributed by atoms with Crippen molar-refractivity contribution in [3.05, 3.63) is 29.3 Å². The Bertz CT molecular complexity index is 488. The summed E-state index contributed by atoms with van der Waals surface area (Å²) in [6.07, 6.45) is 5.45. The summed E-state index contributed by atoms with van der Waals surface area (Å²) in [4.78, 5) is 2.42. The second-order valence-corrected chi connectivity index (χ2v) is 6.52. The molecule has 0 spiro atoms. The third-order valence-electron chi connectivity index (χ3n) is 5.21. The summed E-state index contributed by atoms with van der Waals surface area (Å²) < 4.78 is 0. The number of nitrogens with zero attached hydrogens (tertiary/aromatic N) is 1. The lowest BCUT2D eigenvalue weighted by atomic mass is 9.71. The molecule has 1 heterocycles. The fourth-order valence-corrected chi connectivity index (χ4v) is 3.96. The van der Waals surface area contributed by atoms with Crippen LogP contribution in [-0.4, -0.2) is 28.9 Å². The van der Waals surface area contributed by atoms with Crippen LogP contribution in [0.15, 0.2) is 18.2 Å². The predicted octanol–water partition coefficient (Wildman–Crippen LogP) is 2.62. The van der Waals surface area contributed by atoms with Gasteiger partial charge < -0.3 is 15.1 Å². The molecule has 2 unspecified atom stereocenters. The number of aliphatic hydroxyl groups is 2. The van der Waals surface area contributed by atoms with Gasteiger partial charge in [-0.1, -0.05) is 25.0 Å². The topological polar surface area (TPSA) is 43.7 Å². The Kier molecular flexibility index (Phi) is 3.74. The van der Waals surface area contributed by atoms with Crippen LogP contribution in [0.2, 0.25) is 0 Å². The van der Waals surface area contributed by atoms with Gasteiger partial charge in [0.05, 0.1) is 12.2 Å². The lowest BCUT2D eigenvalue weighted by Gasteiger charge is -2.48. The average molecular weight is 275 g/mol. The quantitative estimate of drug-likeness (QED) is 0.872. The first kappa shape index (κ1) is 13.9. The molecule has 2 fully saturated rings. The van der Waals surface area contributed by atoms with E-state index < -0.39 is 5.60 Å². The first-order chi connectivity index (χ1) is 9.62. The number of piperidine rings is 1. The lowest BCUT2D eigenvalue weighted by Crippen LogP contribution is -2.53. The molecule has 0 aromatic heterocycles. The second-order valence-electron chi connectivity index (χ2n) is 6.52. The van der Waals surface area contributed by atoms with E-state index in [9.17, 15) is 10.2 Å². The third-order valence-corrected chi connectivity index (χ3v) is 5.21. The van der Waals surface area contributed by atoms with Crippen molar-refractivity contribution in [2.45, 2.75) is 51.2 Å². The van der Waals surface area contributed by atoms with Crippen molar-refractivity contribution in [1.82, 2.24) is 0 Å². The van der Waals surface area contributed by atoms with Gasteiger partial charge in [-0.05, 0) is 43.4 Å². The van der Waals surface area contributed by atoms with Crippen LogP contribution in [-0.2, 0) is 6.61 Å². The van der Waals surface area contributed by atoms with Crippen LogP contribution in [0.25, 0.3) is 0 Å². The number of benzene rings is 1. The van der Waals surface area contributed by atoms with E-state index in [0.29, 0.717) is 5.92 Å². The molecule has 20 heavy (non-hydrogen) atoms. The van der Waals surface area contributed by atoms with E-state index in [0.717, 1.165) is 37.9 Å². The Balaban J connectivity index is 1.79. The zero-order valence-corrected chi connectivity index (χ0v) is 12.3. The van der Waals surface area contributed by atoms with Crippen molar-refractivity contribution in [2.24, 2.45) is 5.92 Å². The van der Waals surface area contributed by atoms with Crippen LogP contribution >= 0.6 is 0 Å². The Labute approximate surface area is 121 Å². The summed E-state index contributed by atoms with van der Waals surface area (Å²) in [5.74, 6) is 0.418. The Morgan fingerprint density at radius 2 is 2.15 bits per heavy atom. The van der Waals surface area contributed by atoms with E-state index in [1.165, 1.54) is 24.1 Å². The number of aliphatic hydroxyl groups excluding tert-OH is 1. The molecule has 0 radical (unpaired) electrons. The highest BCUT2D eigenvalue weighted by Gasteiger charge is 2.42. The highest BCUT2D eigenvalue weighted by molar-refractivity contribution is 5.55. The van der Waals surface area contributed by atoms with Crippen molar-refractivity contribution in [2.75, 3.05) is 18.0 Å². The van der Waals surface area contributed by atoms with Gasteiger partial charge in [-0.25, -0.2) is 0 Å². The van der Waals surface area contributed by atoms with E-state index >= 15 is 0 Å². The van der Waals surface area contributed by atoms with Crippen LogP contribution < -0.4 is 4.90 Å². The fraction of sp³-hybridized carbons (Fsp3) is 0.647. The SMILES string of the molecule is Cc1cc(CO)ccc1N1CCC2(O)CCCCC2C1. The summed E-state index contributed by atoms with van der Waals surface area (Å²) >= 11 is 0. The second kappa shape index (κ2) is 5.38. The molecular weight excluding hydrogens is 250 g/mol. The van der Waals surface area contributed by atoms with Crippen LogP contribution in [0.5, 0.6) is 0 Å². The molecule has 1 aromatic rings. The Hall–Kier alpha value is -1.06. The average Bonchev–Trinajstić information content (AvgIpc) is 2.46. The number of anilines is 1. The zero-order chi connectivity index (χ0) is 14.2. The molecule has 1 saturated carbocycles. The van der Waals surface area contributed by atoms with E-state index in [1.54, 1.807) is 0 Å². The molecule has 2 atom stereocenters. The third kappa shape index (κ3) is 2.45. The van der Waals surface area contributed by atoms with Gasteiger partial charge in [0.25, 0.3) is 0 Å². The van der Waals surface area contributed by atoms with E-state index in [4.69, 9.17) is 0 Å². The molecule has 2 N–H and O–H groups in total. The van der Waals surface area contributed by atoms with Gasteiger partial charge in [-0.2, -0.15) is 0 Å². The Morgan fingerprint density at radius 1 is 1.30 bits per heavy atom. The van der Waals surface area contributed by atoms with Crippen molar-refractivity contribution >= 4 is 5.69 Å². The zero-order valence-electron chi connectivity index (χ0n) is 12.3. The smallest absolute Gasteiger partial charge is 0.0709 e. The van der Waals surface area contributed by atoms with E-state index in [1.807, 2.05) is 6.07 Å². The minimum Gasteiger partial charge on any atom is -0.392 e. The summed E-state index contributed by atoms with van der Waals surface area (Å²) in [5.41, 5.74) is 3.04. The number of aryl methyl sites for hydroxylation is 1. The first-order valence-corrected chi connectivity index (χ1v) is 7.80. The molecule has 1 aromatic carbocycles. The molecule has 110 valence electrons. The van der Waals surface area contributed by atoms with Crippen molar-refractivity contribution in [3.63, 3.8) is 0 Å². The lowest BCUT2D eigenvalue weighted by molar-refractivity contribution is -0.0612. The van der Waals surface area contributed by atoms with Crippen LogP contribution in [0.1, 0.15) is 43.2 Å². The van der Waals surface area contributed by atoms with Crippen molar-refractivity contribution in [1.29, 1.82) is 0 Å². The minimum absolute atomic E-state index is 0.101. The maximum Gasteiger partial charge on any atom is 0.0709 e. The standard InChI is InChI=1S/C17H25NO2/c1-13-10-14(12-19)5-6-16(13)18-9-8-17(20)7-3-2-4-15(17)11-18/h5-6,10,15,19-20H,2-4,7-9,11-12H2,1H3.